The highest BCUT2D eigenvalue weighted by molar-refractivity contribution is 7.88. The summed E-state index contributed by atoms with van der Waals surface area (Å²) in [7, 11) is -3.46. The SMILES string of the molecule is Cc1cc(CS(=O)(=O)NCCN=[N+]=[N-])no1. The second-order valence-electron chi connectivity index (χ2n) is 3.04. The van der Waals surface area contributed by atoms with Crippen LogP contribution in [0.1, 0.15) is 11.5 Å². The molecule has 1 N–H and O–H groups in total. The molecule has 0 saturated carbocycles. The fourth-order valence-electron chi connectivity index (χ4n) is 1.03. The van der Waals surface area contributed by atoms with Gasteiger partial charge < -0.3 is 4.52 Å². The average Bonchev–Trinajstić information content (AvgIpc) is 2.58. The average molecular weight is 245 g/mol. The molecule has 1 aromatic heterocycles. The van der Waals surface area contributed by atoms with E-state index in [4.69, 9.17) is 10.1 Å². The number of rotatable bonds is 6. The Hall–Kier alpha value is -1.57. The number of nitrogens with one attached hydrogen (secondary N) is 1. The molecule has 8 nitrogen and oxygen atoms in total. The number of hydrogen-bond acceptors (Lipinski definition) is 5. The first-order chi connectivity index (χ1) is 7.53. The van der Waals surface area contributed by atoms with E-state index >= 15 is 0 Å². The van der Waals surface area contributed by atoms with Gasteiger partial charge in [-0.15, -0.1) is 0 Å². The number of hydrogen-bond donors (Lipinski definition) is 1. The minimum atomic E-state index is -3.46. The first kappa shape index (κ1) is 12.5. The molecule has 0 aromatic carbocycles. The third kappa shape index (κ3) is 4.30. The van der Waals surface area contributed by atoms with E-state index in [2.05, 4.69) is 19.9 Å². The van der Waals surface area contributed by atoms with Gasteiger partial charge in [0, 0.05) is 24.1 Å². The second-order valence-corrected chi connectivity index (χ2v) is 4.84. The van der Waals surface area contributed by atoms with Crippen LogP contribution < -0.4 is 4.72 Å². The number of nitrogens with zero attached hydrogens (tertiary/aromatic N) is 4. The van der Waals surface area contributed by atoms with Gasteiger partial charge in [0.1, 0.15) is 17.2 Å². The van der Waals surface area contributed by atoms with Gasteiger partial charge in [-0.1, -0.05) is 10.3 Å². The van der Waals surface area contributed by atoms with Crippen molar-refractivity contribution in [3.63, 3.8) is 0 Å². The van der Waals surface area contributed by atoms with E-state index in [-0.39, 0.29) is 18.8 Å². The van der Waals surface area contributed by atoms with Crippen LogP contribution in [0, 0.1) is 6.92 Å². The second kappa shape index (κ2) is 5.50. The highest BCUT2D eigenvalue weighted by atomic mass is 32.2. The molecule has 0 aliphatic carbocycles. The van der Waals surface area contributed by atoms with Crippen LogP contribution in [0.15, 0.2) is 15.7 Å². The summed E-state index contributed by atoms with van der Waals surface area (Å²) in [6.45, 7) is 1.83. The Morgan fingerprint density at radius 2 is 2.44 bits per heavy atom. The zero-order valence-electron chi connectivity index (χ0n) is 8.62. The fraction of sp³-hybridized carbons (Fsp3) is 0.571. The van der Waals surface area contributed by atoms with Gasteiger partial charge in [-0.3, -0.25) is 0 Å². The zero-order valence-corrected chi connectivity index (χ0v) is 9.44. The molecule has 1 aromatic rings. The molecule has 1 heterocycles. The molecule has 9 heteroatoms. The van der Waals surface area contributed by atoms with Crippen LogP contribution in [0.3, 0.4) is 0 Å². The lowest BCUT2D eigenvalue weighted by Crippen LogP contribution is -2.27. The first-order valence-corrected chi connectivity index (χ1v) is 6.09. The van der Waals surface area contributed by atoms with Gasteiger partial charge in [-0.05, 0) is 12.5 Å². The minimum Gasteiger partial charge on any atom is -0.361 e. The maximum atomic E-state index is 11.4. The maximum Gasteiger partial charge on any atom is 0.217 e. The fourth-order valence-corrected chi connectivity index (χ4v) is 2.06. The summed E-state index contributed by atoms with van der Waals surface area (Å²) >= 11 is 0. The number of azide groups is 1. The third-order valence-corrected chi connectivity index (χ3v) is 2.93. The standard InChI is InChI=1S/C7H11N5O3S/c1-6-4-7(11-15-6)5-16(13,14)10-3-2-9-12-8/h4,10H,2-3,5H2,1H3. The molecular formula is C7H11N5O3S. The van der Waals surface area contributed by atoms with E-state index in [0.717, 1.165) is 0 Å². The molecule has 0 atom stereocenters. The van der Waals surface area contributed by atoms with Crippen LogP contribution in [0.25, 0.3) is 10.4 Å². The topological polar surface area (TPSA) is 121 Å². The highest BCUT2D eigenvalue weighted by Gasteiger charge is 2.13. The molecule has 88 valence electrons. The number of sulfonamides is 1. The van der Waals surface area contributed by atoms with Crippen LogP contribution in [-0.2, 0) is 15.8 Å². The molecule has 16 heavy (non-hydrogen) atoms. The molecule has 0 radical (unpaired) electrons. The van der Waals surface area contributed by atoms with E-state index in [1.165, 1.54) is 0 Å². The first-order valence-electron chi connectivity index (χ1n) is 4.44. The Balaban J connectivity index is 2.48. The maximum absolute atomic E-state index is 11.4. The Kier molecular flexibility index (Phi) is 4.29. The van der Waals surface area contributed by atoms with Crippen molar-refractivity contribution in [2.45, 2.75) is 12.7 Å². The van der Waals surface area contributed by atoms with Crippen LogP contribution in [0.2, 0.25) is 0 Å². The van der Waals surface area contributed by atoms with Crippen LogP contribution in [0.4, 0.5) is 0 Å². The highest BCUT2D eigenvalue weighted by Crippen LogP contribution is 2.05. The summed E-state index contributed by atoms with van der Waals surface area (Å²) < 4.78 is 29.9. The monoisotopic (exact) mass is 245 g/mol. The Morgan fingerprint density at radius 3 is 3.00 bits per heavy atom. The van der Waals surface area contributed by atoms with Gasteiger partial charge in [0.05, 0.1) is 0 Å². The van der Waals surface area contributed by atoms with Gasteiger partial charge in [-0.25, -0.2) is 13.1 Å². The molecule has 0 spiro atoms. The molecule has 0 bridgehead atoms. The van der Waals surface area contributed by atoms with E-state index in [0.29, 0.717) is 11.5 Å². The Labute approximate surface area is 92.3 Å². The van der Waals surface area contributed by atoms with Crippen molar-refractivity contribution in [3.8, 4) is 0 Å². The summed E-state index contributed by atoms with van der Waals surface area (Å²) in [4.78, 5) is 2.51. The molecule has 0 amide bonds. The summed E-state index contributed by atoms with van der Waals surface area (Å²) in [5.41, 5.74) is 8.33. The van der Waals surface area contributed by atoms with Crippen LogP contribution >= 0.6 is 0 Å². The van der Waals surface area contributed by atoms with Gasteiger partial charge in [-0.2, -0.15) is 0 Å². The summed E-state index contributed by atoms with van der Waals surface area (Å²) in [5, 5.41) is 6.77. The quantitative estimate of drug-likeness (QED) is 0.343. The normalized spacial score (nSPS) is 11.1. The smallest absolute Gasteiger partial charge is 0.217 e. The van der Waals surface area contributed by atoms with Gasteiger partial charge in [0.15, 0.2) is 0 Å². The molecule has 0 saturated heterocycles. The van der Waals surface area contributed by atoms with Crippen molar-refractivity contribution in [3.05, 3.63) is 28.0 Å². The van der Waals surface area contributed by atoms with Crippen molar-refractivity contribution in [1.29, 1.82) is 0 Å². The lowest BCUT2D eigenvalue weighted by Gasteiger charge is -2.01. The molecule has 0 unspecified atom stereocenters. The van der Waals surface area contributed by atoms with E-state index in [1.807, 2.05) is 0 Å². The van der Waals surface area contributed by atoms with E-state index in [1.54, 1.807) is 13.0 Å². The molecule has 1 rings (SSSR count). The summed E-state index contributed by atoms with van der Waals surface area (Å²) in [6, 6.07) is 1.55. The predicted octanol–water partition coefficient (Wildman–Crippen LogP) is 0.713. The van der Waals surface area contributed by atoms with Crippen molar-refractivity contribution in [2.24, 2.45) is 5.11 Å². The minimum absolute atomic E-state index is 0.0726. The number of aryl methyl sites for hydroxylation is 1. The lowest BCUT2D eigenvalue weighted by molar-refractivity contribution is 0.392. The predicted molar refractivity (Wildman–Crippen MR) is 55.9 cm³/mol. The molecule has 0 aliphatic rings. The van der Waals surface area contributed by atoms with Crippen LogP contribution in [0.5, 0.6) is 0 Å². The third-order valence-electron chi connectivity index (χ3n) is 1.61. The zero-order chi connectivity index (χ0) is 12.0. The largest absolute Gasteiger partial charge is 0.361 e. The van der Waals surface area contributed by atoms with E-state index < -0.39 is 10.0 Å². The van der Waals surface area contributed by atoms with E-state index in [9.17, 15) is 8.42 Å². The Bertz CT molecular complexity index is 488. The summed E-state index contributed by atoms with van der Waals surface area (Å²) in [5.74, 6) is 0.305. The Morgan fingerprint density at radius 1 is 1.69 bits per heavy atom. The van der Waals surface area contributed by atoms with Crippen molar-refractivity contribution < 1.29 is 12.9 Å². The summed E-state index contributed by atoms with van der Waals surface area (Å²) in [6.07, 6.45) is 0. The molecular weight excluding hydrogens is 234 g/mol. The van der Waals surface area contributed by atoms with Crippen LogP contribution in [-0.4, -0.2) is 26.7 Å². The van der Waals surface area contributed by atoms with Gasteiger partial charge in [0.2, 0.25) is 10.0 Å². The van der Waals surface area contributed by atoms with Gasteiger partial charge in [0.25, 0.3) is 0 Å². The molecule has 0 fully saturated rings. The van der Waals surface area contributed by atoms with Crippen molar-refractivity contribution in [2.75, 3.05) is 13.1 Å². The van der Waals surface area contributed by atoms with Crippen molar-refractivity contribution in [1.82, 2.24) is 9.88 Å². The van der Waals surface area contributed by atoms with Gasteiger partial charge >= 0.3 is 0 Å². The number of aromatic nitrogens is 1. The van der Waals surface area contributed by atoms with Crippen molar-refractivity contribution >= 4 is 10.0 Å². The molecule has 0 aliphatic heterocycles. The lowest BCUT2D eigenvalue weighted by atomic mass is 10.4.